The molecular weight excluding hydrogens is 255 g/mol. The van der Waals surface area contributed by atoms with Gasteiger partial charge in [0.1, 0.15) is 0 Å². The highest BCUT2D eigenvalue weighted by Crippen LogP contribution is 2.38. The van der Waals surface area contributed by atoms with Gasteiger partial charge in [-0.25, -0.2) is 0 Å². The van der Waals surface area contributed by atoms with Gasteiger partial charge in [-0.15, -0.1) is 0 Å². The summed E-state index contributed by atoms with van der Waals surface area (Å²) in [6.07, 6.45) is 0. The van der Waals surface area contributed by atoms with Crippen molar-refractivity contribution in [1.82, 2.24) is 0 Å². The molecule has 90 valence electrons. The molecule has 16 heavy (non-hydrogen) atoms. The predicted octanol–water partition coefficient (Wildman–Crippen LogP) is 5.58. The lowest BCUT2D eigenvalue weighted by Crippen LogP contribution is -2.39. The maximum atomic E-state index is 6.02. The van der Waals surface area contributed by atoms with Crippen molar-refractivity contribution in [3.05, 3.63) is 33.8 Å². The fourth-order valence-electron chi connectivity index (χ4n) is 1.49. The molecule has 0 atom stereocenters. The number of hydrogen-bond acceptors (Lipinski definition) is 0. The van der Waals surface area contributed by atoms with Gasteiger partial charge in [0, 0.05) is 10.0 Å². The summed E-state index contributed by atoms with van der Waals surface area (Å²) >= 11 is 12.0. The molecule has 0 nitrogen and oxygen atoms in total. The fourth-order valence-corrected chi connectivity index (χ4v) is 3.81. The normalized spacial score (nSPS) is 12.9. The van der Waals surface area contributed by atoms with Gasteiger partial charge >= 0.3 is 0 Å². The maximum absolute atomic E-state index is 6.02. The third kappa shape index (κ3) is 3.51. The first-order valence-corrected chi connectivity index (χ1v) is 9.53. The van der Waals surface area contributed by atoms with Crippen molar-refractivity contribution < 1.29 is 0 Å². The maximum Gasteiger partial charge on any atom is 0.0571 e. The van der Waals surface area contributed by atoms with Gasteiger partial charge in [0.05, 0.1) is 8.07 Å². The van der Waals surface area contributed by atoms with Crippen molar-refractivity contribution >= 4 is 31.3 Å². The number of halogens is 2. The average molecular weight is 275 g/mol. The van der Waals surface area contributed by atoms with Crippen LogP contribution in [0.25, 0.3) is 0 Å². The van der Waals surface area contributed by atoms with Crippen LogP contribution >= 0.6 is 23.2 Å². The van der Waals surface area contributed by atoms with Crippen LogP contribution in [0.3, 0.4) is 0 Å². The molecule has 0 radical (unpaired) electrons. The van der Waals surface area contributed by atoms with Crippen LogP contribution in [0.1, 0.15) is 26.3 Å². The minimum Gasteiger partial charge on any atom is -0.0843 e. The average Bonchev–Trinajstić information content (AvgIpc) is 1.97. The van der Waals surface area contributed by atoms with E-state index in [1.54, 1.807) is 6.07 Å². The minimum atomic E-state index is -1.31. The first-order chi connectivity index (χ1) is 7.12. The minimum absolute atomic E-state index is 0.391. The number of rotatable bonds is 2. The van der Waals surface area contributed by atoms with E-state index in [2.05, 4.69) is 33.9 Å². The highest BCUT2D eigenvalue weighted by Gasteiger charge is 2.34. The molecule has 0 saturated heterocycles. The summed E-state index contributed by atoms with van der Waals surface area (Å²) < 4.78 is 0. The van der Waals surface area contributed by atoms with Crippen LogP contribution in [0.4, 0.5) is 0 Å². The molecule has 0 heterocycles. The van der Waals surface area contributed by atoms with Crippen LogP contribution in [0.2, 0.25) is 28.2 Å². The fraction of sp³-hybridized carbons (Fsp3) is 0.538. The summed E-state index contributed by atoms with van der Waals surface area (Å²) in [4.78, 5) is 0. The predicted molar refractivity (Wildman–Crippen MR) is 77.4 cm³/mol. The highest BCUT2D eigenvalue weighted by atomic mass is 35.5. The van der Waals surface area contributed by atoms with E-state index < -0.39 is 8.07 Å². The van der Waals surface area contributed by atoms with Gasteiger partial charge in [0.2, 0.25) is 0 Å². The smallest absolute Gasteiger partial charge is 0.0571 e. The topological polar surface area (TPSA) is 0 Å². The van der Waals surface area contributed by atoms with E-state index in [4.69, 9.17) is 23.2 Å². The molecule has 0 aliphatic rings. The summed E-state index contributed by atoms with van der Waals surface area (Å²) in [6.45, 7) is 11.8. The van der Waals surface area contributed by atoms with Gasteiger partial charge in [-0.1, -0.05) is 57.1 Å². The van der Waals surface area contributed by atoms with E-state index in [-0.39, 0.29) is 0 Å². The zero-order valence-electron chi connectivity index (χ0n) is 10.7. The third-order valence-electron chi connectivity index (χ3n) is 3.60. The second-order valence-corrected chi connectivity index (χ2v) is 12.6. The lowest BCUT2D eigenvalue weighted by molar-refractivity contribution is 0.714. The largest absolute Gasteiger partial charge is 0.0843 e. The zero-order chi connectivity index (χ0) is 12.6. The van der Waals surface area contributed by atoms with Crippen molar-refractivity contribution in [3.63, 3.8) is 0 Å². The van der Waals surface area contributed by atoms with Crippen molar-refractivity contribution in [1.29, 1.82) is 0 Å². The Morgan fingerprint density at radius 2 is 1.44 bits per heavy atom. The van der Waals surface area contributed by atoms with Gasteiger partial charge in [0.25, 0.3) is 0 Å². The Labute approximate surface area is 110 Å². The first kappa shape index (κ1) is 14.1. The summed E-state index contributed by atoms with van der Waals surface area (Å²) in [5.41, 5.74) is 1.27. The molecule has 0 amide bonds. The molecule has 0 N–H and O–H groups in total. The number of benzene rings is 1. The van der Waals surface area contributed by atoms with Crippen LogP contribution in [0.15, 0.2) is 18.2 Å². The van der Waals surface area contributed by atoms with E-state index in [0.29, 0.717) is 5.04 Å². The SMILES string of the molecule is CC(C)(C)[Si](C)(C)Cc1cc(Cl)cc(Cl)c1. The summed E-state index contributed by atoms with van der Waals surface area (Å²) in [5.74, 6) is 0. The molecule has 1 aromatic carbocycles. The second-order valence-electron chi connectivity index (χ2n) is 6.09. The quantitative estimate of drug-likeness (QED) is 0.618. The Morgan fingerprint density at radius 1 is 1.00 bits per heavy atom. The molecule has 0 spiro atoms. The van der Waals surface area contributed by atoms with Crippen LogP contribution in [0.5, 0.6) is 0 Å². The van der Waals surface area contributed by atoms with Crippen LogP contribution < -0.4 is 0 Å². The Kier molecular flexibility index (Phi) is 4.15. The van der Waals surface area contributed by atoms with Gasteiger partial charge in [-0.05, 0) is 34.8 Å². The van der Waals surface area contributed by atoms with Gasteiger partial charge in [-0.2, -0.15) is 0 Å². The van der Waals surface area contributed by atoms with E-state index in [0.717, 1.165) is 16.1 Å². The Morgan fingerprint density at radius 3 is 1.81 bits per heavy atom. The van der Waals surface area contributed by atoms with Gasteiger partial charge < -0.3 is 0 Å². The molecule has 3 heteroatoms. The van der Waals surface area contributed by atoms with E-state index in [9.17, 15) is 0 Å². The molecule has 0 bridgehead atoms. The van der Waals surface area contributed by atoms with Crippen LogP contribution in [0, 0.1) is 0 Å². The Bertz CT molecular complexity index is 358. The van der Waals surface area contributed by atoms with E-state index >= 15 is 0 Å². The Hall–Kier alpha value is 0.0169. The molecule has 0 saturated carbocycles. The van der Waals surface area contributed by atoms with Crippen molar-refractivity contribution in [2.24, 2.45) is 0 Å². The lowest BCUT2D eigenvalue weighted by atomic mass is 10.2. The van der Waals surface area contributed by atoms with E-state index in [1.807, 2.05) is 12.1 Å². The van der Waals surface area contributed by atoms with Crippen LogP contribution in [-0.2, 0) is 6.04 Å². The number of hydrogen-bond donors (Lipinski definition) is 0. The molecule has 0 fully saturated rings. The molecule has 1 aromatic rings. The second kappa shape index (κ2) is 4.71. The molecule has 0 aliphatic heterocycles. The van der Waals surface area contributed by atoms with Gasteiger partial charge in [0.15, 0.2) is 0 Å². The molecule has 1 rings (SSSR count). The molecule has 0 unspecified atom stereocenters. The summed E-state index contributed by atoms with van der Waals surface area (Å²) in [6, 6.07) is 6.98. The molecular formula is C13H20Cl2Si. The summed E-state index contributed by atoms with van der Waals surface area (Å²) in [5, 5.41) is 1.87. The highest BCUT2D eigenvalue weighted by molar-refractivity contribution is 6.79. The zero-order valence-corrected chi connectivity index (χ0v) is 13.2. The van der Waals surface area contributed by atoms with Gasteiger partial charge in [-0.3, -0.25) is 0 Å². The van der Waals surface area contributed by atoms with Crippen molar-refractivity contribution in [3.8, 4) is 0 Å². The molecule has 0 aliphatic carbocycles. The lowest BCUT2D eigenvalue weighted by Gasteiger charge is -2.37. The standard InChI is InChI=1S/C13H20Cl2Si/c1-13(2,3)16(4,5)9-10-6-11(14)8-12(15)7-10/h6-8H,9H2,1-5H3. The van der Waals surface area contributed by atoms with E-state index in [1.165, 1.54) is 5.56 Å². The first-order valence-electron chi connectivity index (χ1n) is 5.57. The van der Waals surface area contributed by atoms with Crippen LogP contribution in [-0.4, -0.2) is 8.07 Å². The molecule has 0 aromatic heterocycles. The summed E-state index contributed by atoms with van der Waals surface area (Å²) in [7, 11) is -1.31. The third-order valence-corrected chi connectivity index (χ3v) is 9.39. The Balaban J connectivity index is 2.96. The van der Waals surface area contributed by atoms with Crippen molar-refractivity contribution in [2.75, 3.05) is 0 Å². The van der Waals surface area contributed by atoms with Crippen molar-refractivity contribution in [2.45, 2.75) is 44.9 Å². The monoisotopic (exact) mass is 274 g/mol.